The first kappa shape index (κ1) is 20.5. The highest BCUT2D eigenvalue weighted by molar-refractivity contribution is 7.12. The number of hydrogen-bond acceptors (Lipinski definition) is 6. The molecule has 1 atom stereocenters. The van der Waals surface area contributed by atoms with Crippen molar-refractivity contribution in [3.05, 3.63) is 76.6 Å². The number of carbonyl (C=O) groups is 2. The largest absolute Gasteiger partial charge is 0.467 e. The zero-order valence-corrected chi connectivity index (χ0v) is 18.1. The van der Waals surface area contributed by atoms with E-state index in [4.69, 9.17) is 13.6 Å². The summed E-state index contributed by atoms with van der Waals surface area (Å²) in [7, 11) is 0. The molecule has 0 aliphatic carbocycles. The number of carbonyl (C=O) groups excluding carboxylic acids is 2. The van der Waals surface area contributed by atoms with Gasteiger partial charge in [0.25, 0.3) is 11.8 Å². The molecule has 1 aliphatic heterocycles. The van der Waals surface area contributed by atoms with Crippen molar-refractivity contribution in [2.24, 2.45) is 0 Å². The van der Waals surface area contributed by atoms with Crippen LogP contribution in [-0.4, -0.2) is 36.0 Å². The Balaban J connectivity index is 1.50. The molecule has 8 heteroatoms. The van der Waals surface area contributed by atoms with E-state index in [1.54, 1.807) is 29.4 Å². The lowest BCUT2D eigenvalue weighted by Crippen LogP contribution is -2.37. The van der Waals surface area contributed by atoms with Crippen molar-refractivity contribution < 1.29 is 23.2 Å². The number of ether oxygens (including phenoxy) is 1. The Morgan fingerprint density at radius 3 is 2.78 bits per heavy atom. The van der Waals surface area contributed by atoms with Gasteiger partial charge in [0, 0.05) is 18.5 Å². The van der Waals surface area contributed by atoms with Gasteiger partial charge in [-0.3, -0.25) is 9.59 Å². The van der Waals surface area contributed by atoms with Crippen molar-refractivity contribution in [3.8, 4) is 0 Å². The third-order valence-electron chi connectivity index (χ3n) is 5.44. The fraction of sp³-hybridized carbons (Fsp3) is 0.250. The second kappa shape index (κ2) is 9.02. The standard InChI is InChI=1S/C24H22N2O5S/c27-23(20-10-5-13-32-20)25-21-18-8-1-2-9-19(18)31-22(21)24(28)26(14-16-6-3-11-29-16)15-17-7-4-12-30-17/h1-3,5-6,8-11,13,17H,4,7,12,14-15H2,(H,25,27). The molecule has 32 heavy (non-hydrogen) atoms. The molecule has 2 amide bonds. The van der Waals surface area contributed by atoms with E-state index in [1.165, 1.54) is 11.3 Å². The molecule has 4 heterocycles. The van der Waals surface area contributed by atoms with Crippen LogP contribution in [0.5, 0.6) is 0 Å². The summed E-state index contributed by atoms with van der Waals surface area (Å²) in [6.45, 7) is 1.39. The van der Waals surface area contributed by atoms with E-state index >= 15 is 0 Å². The van der Waals surface area contributed by atoms with E-state index in [0.717, 1.165) is 12.8 Å². The predicted octanol–water partition coefficient (Wildman–Crippen LogP) is 5.16. The summed E-state index contributed by atoms with van der Waals surface area (Å²) in [6.07, 6.45) is 3.41. The van der Waals surface area contributed by atoms with Gasteiger partial charge in [-0.2, -0.15) is 0 Å². The number of fused-ring (bicyclic) bond motifs is 1. The summed E-state index contributed by atoms with van der Waals surface area (Å²) in [6, 6.07) is 14.5. The highest BCUT2D eigenvalue weighted by atomic mass is 32.1. The van der Waals surface area contributed by atoms with Gasteiger partial charge in [0.15, 0.2) is 0 Å². The highest BCUT2D eigenvalue weighted by Gasteiger charge is 2.30. The minimum atomic E-state index is -0.324. The van der Waals surface area contributed by atoms with Crippen LogP contribution in [0.3, 0.4) is 0 Å². The van der Waals surface area contributed by atoms with Crippen molar-refractivity contribution >= 4 is 39.8 Å². The van der Waals surface area contributed by atoms with E-state index in [0.29, 0.717) is 40.4 Å². The Kier molecular flexibility index (Phi) is 5.79. The molecule has 1 fully saturated rings. The number of thiophene rings is 1. The van der Waals surface area contributed by atoms with Crippen molar-refractivity contribution in [1.82, 2.24) is 4.90 Å². The lowest BCUT2D eigenvalue weighted by molar-refractivity contribution is 0.0471. The van der Waals surface area contributed by atoms with Crippen LogP contribution in [0.25, 0.3) is 11.0 Å². The fourth-order valence-corrected chi connectivity index (χ4v) is 4.51. The number of hydrogen-bond donors (Lipinski definition) is 1. The molecule has 4 aromatic rings. The molecule has 1 saturated heterocycles. The molecule has 1 aliphatic rings. The molecule has 0 spiro atoms. The Hall–Kier alpha value is -3.36. The smallest absolute Gasteiger partial charge is 0.292 e. The number of para-hydroxylation sites is 1. The van der Waals surface area contributed by atoms with Crippen LogP contribution < -0.4 is 5.32 Å². The van der Waals surface area contributed by atoms with Gasteiger partial charge < -0.3 is 23.8 Å². The molecule has 0 bridgehead atoms. The Morgan fingerprint density at radius 1 is 1.12 bits per heavy atom. The SMILES string of the molecule is O=C(Nc1c(C(=O)N(Cc2ccco2)CC2CCCO2)oc2ccccc12)c1cccs1. The Morgan fingerprint density at radius 2 is 2.03 bits per heavy atom. The van der Waals surface area contributed by atoms with Gasteiger partial charge >= 0.3 is 0 Å². The molecule has 164 valence electrons. The first-order valence-electron chi connectivity index (χ1n) is 10.5. The van der Waals surface area contributed by atoms with Gasteiger partial charge in [-0.1, -0.05) is 18.2 Å². The molecular formula is C24H22N2O5S. The van der Waals surface area contributed by atoms with E-state index < -0.39 is 0 Å². The molecule has 0 saturated carbocycles. The summed E-state index contributed by atoms with van der Waals surface area (Å²) in [5, 5.41) is 5.41. The summed E-state index contributed by atoms with van der Waals surface area (Å²) < 4.78 is 17.2. The van der Waals surface area contributed by atoms with E-state index in [-0.39, 0.29) is 30.2 Å². The van der Waals surface area contributed by atoms with E-state index in [9.17, 15) is 9.59 Å². The molecule has 7 nitrogen and oxygen atoms in total. The second-order valence-corrected chi connectivity index (χ2v) is 8.58. The Bertz CT molecular complexity index is 1210. The monoisotopic (exact) mass is 450 g/mol. The van der Waals surface area contributed by atoms with Crippen LogP contribution in [0.2, 0.25) is 0 Å². The van der Waals surface area contributed by atoms with E-state index in [2.05, 4.69) is 5.32 Å². The van der Waals surface area contributed by atoms with Gasteiger partial charge in [0.05, 0.1) is 23.8 Å². The minimum absolute atomic E-state index is 0.0394. The number of nitrogens with zero attached hydrogens (tertiary/aromatic N) is 1. The van der Waals surface area contributed by atoms with Gasteiger partial charge in [-0.05, 0) is 48.6 Å². The average Bonchev–Trinajstić information content (AvgIpc) is 3.61. The lowest BCUT2D eigenvalue weighted by atomic mass is 10.2. The van der Waals surface area contributed by atoms with Crippen LogP contribution >= 0.6 is 11.3 Å². The third-order valence-corrected chi connectivity index (χ3v) is 6.30. The maximum Gasteiger partial charge on any atom is 0.292 e. The van der Waals surface area contributed by atoms with Crippen LogP contribution in [0.1, 0.15) is 38.8 Å². The van der Waals surface area contributed by atoms with Gasteiger partial charge in [0.1, 0.15) is 17.0 Å². The molecule has 1 N–H and O–H groups in total. The molecule has 3 aromatic heterocycles. The maximum absolute atomic E-state index is 13.7. The van der Waals surface area contributed by atoms with Gasteiger partial charge in [-0.15, -0.1) is 11.3 Å². The molecule has 1 aromatic carbocycles. The Labute approximate surface area is 188 Å². The fourth-order valence-electron chi connectivity index (χ4n) is 3.89. The number of rotatable bonds is 7. The highest BCUT2D eigenvalue weighted by Crippen LogP contribution is 2.33. The summed E-state index contributed by atoms with van der Waals surface area (Å²) in [5.41, 5.74) is 0.910. The number of benzene rings is 1. The van der Waals surface area contributed by atoms with Crippen molar-refractivity contribution in [2.45, 2.75) is 25.5 Å². The summed E-state index contributed by atoms with van der Waals surface area (Å²) >= 11 is 1.34. The van der Waals surface area contributed by atoms with E-state index in [1.807, 2.05) is 35.7 Å². The summed E-state index contributed by atoms with van der Waals surface area (Å²) in [5.74, 6) is 0.157. The lowest BCUT2D eigenvalue weighted by Gasteiger charge is -2.24. The number of nitrogens with one attached hydrogen (secondary N) is 1. The van der Waals surface area contributed by atoms with Crippen LogP contribution in [-0.2, 0) is 11.3 Å². The van der Waals surface area contributed by atoms with Crippen LogP contribution in [0.15, 0.2) is 69.0 Å². The number of amides is 2. The second-order valence-electron chi connectivity index (χ2n) is 7.63. The summed E-state index contributed by atoms with van der Waals surface area (Å²) in [4.78, 5) is 28.7. The zero-order chi connectivity index (χ0) is 21.9. The van der Waals surface area contributed by atoms with Crippen molar-refractivity contribution in [1.29, 1.82) is 0 Å². The zero-order valence-electron chi connectivity index (χ0n) is 17.3. The topological polar surface area (TPSA) is 84.9 Å². The van der Waals surface area contributed by atoms with Gasteiger partial charge in [-0.25, -0.2) is 0 Å². The molecular weight excluding hydrogens is 428 g/mol. The first-order chi connectivity index (χ1) is 15.7. The number of furan rings is 2. The quantitative estimate of drug-likeness (QED) is 0.420. The van der Waals surface area contributed by atoms with Crippen molar-refractivity contribution in [3.63, 3.8) is 0 Å². The van der Waals surface area contributed by atoms with Crippen molar-refractivity contribution in [2.75, 3.05) is 18.5 Å². The normalized spacial score (nSPS) is 15.8. The molecule has 1 unspecified atom stereocenters. The molecule has 5 rings (SSSR count). The third kappa shape index (κ3) is 4.19. The van der Waals surface area contributed by atoms with Gasteiger partial charge in [0.2, 0.25) is 5.76 Å². The predicted molar refractivity (Wildman–Crippen MR) is 121 cm³/mol. The minimum Gasteiger partial charge on any atom is -0.467 e. The maximum atomic E-state index is 13.7. The van der Waals surface area contributed by atoms with Crippen LogP contribution in [0.4, 0.5) is 5.69 Å². The van der Waals surface area contributed by atoms with Crippen LogP contribution in [0, 0.1) is 0 Å². The first-order valence-corrected chi connectivity index (χ1v) is 11.4. The average molecular weight is 451 g/mol. The molecule has 0 radical (unpaired) electrons. The number of anilines is 1.